The number of benzene rings is 1. The summed E-state index contributed by atoms with van der Waals surface area (Å²) in [4.78, 5) is 23.1. The number of carbonyl (C=O) groups excluding carboxylic acids is 1. The van der Waals surface area contributed by atoms with Gasteiger partial charge < -0.3 is 15.5 Å². The first-order valence-electron chi connectivity index (χ1n) is 8.58. The first kappa shape index (κ1) is 20.1. The third-order valence-corrected chi connectivity index (χ3v) is 4.12. The Morgan fingerprint density at radius 2 is 1.88 bits per heavy atom. The molecule has 1 amide bonds. The van der Waals surface area contributed by atoms with Crippen LogP contribution >= 0.6 is 11.6 Å². The lowest BCUT2D eigenvalue weighted by atomic mass is 10.1. The molecule has 0 atom stereocenters. The number of amides is 1. The zero-order chi connectivity index (χ0) is 19.3. The molecule has 7 heteroatoms. The predicted octanol–water partition coefficient (Wildman–Crippen LogP) is 3.48. The lowest BCUT2D eigenvalue weighted by Gasteiger charge is -2.13. The van der Waals surface area contributed by atoms with Crippen LogP contribution in [0.2, 0.25) is 5.02 Å². The van der Waals surface area contributed by atoms with Crippen LogP contribution in [0.5, 0.6) is 0 Å². The number of rotatable bonds is 7. The molecule has 0 saturated carbocycles. The van der Waals surface area contributed by atoms with Crippen molar-refractivity contribution in [3.05, 3.63) is 45.7 Å². The minimum Gasteiger partial charge on any atom is -0.351 e. The van der Waals surface area contributed by atoms with Gasteiger partial charge in [0.1, 0.15) is 5.69 Å². The van der Waals surface area contributed by atoms with Gasteiger partial charge in [0.05, 0.1) is 10.7 Å². The highest BCUT2D eigenvalue weighted by molar-refractivity contribution is 6.33. The number of nitrogens with one attached hydrogen (secondary N) is 2. The number of hydrogen-bond donors (Lipinski definition) is 2. The summed E-state index contributed by atoms with van der Waals surface area (Å²) in [7, 11) is 4.01. The van der Waals surface area contributed by atoms with Crippen LogP contribution in [0, 0.1) is 20.8 Å². The van der Waals surface area contributed by atoms with Gasteiger partial charge in [-0.1, -0.05) is 17.7 Å². The normalized spacial score (nSPS) is 10.9. The van der Waals surface area contributed by atoms with Crippen molar-refractivity contribution < 1.29 is 4.79 Å². The van der Waals surface area contributed by atoms with Gasteiger partial charge in [-0.3, -0.25) is 4.79 Å². The van der Waals surface area contributed by atoms with E-state index in [1.807, 2.05) is 47.0 Å². The molecule has 6 nitrogen and oxygen atoms in total. The molecule has 0 fully saturated rings. The van der Waals surface area contributed by atoms with Gasteiger partial charge in [-0.05, 0) is 71.1 Å². The highest BCUT2D eigenvalue weighted by atomic mass is 35.5. The largest absolute Gasteiger partial charge is 0.351 e. The maximum absolute atomic E-state index is 12.4. The number of aromatic nitrogens is 2. The number of nitrogens with zero attached hydrogens (tertiary/aromatic N) is 3. The maximum Gasteiger partial charge on any atom is 0.270 e. The fraction of sp³-hybridized carbons (Fsp3) is 0.421. The van der Waals surface area contributed by atoms with Crippen molar-refractivity contribution in [2.45, 2.75) is 27.2 Å². The monoisotopic (exact) mass is 375 g/mol. The van der Waals surface area contributed by atoms with E-state index in [-0.39, 0.29) is 5.91 Å². The van der Waals surface area contributed by atoms with Crippen LogP contribution < -0.4 is 10.6 Å². The summed E-state index contributed by atoms with van der Waals surface area (Å²) in [5.74, 6) is 0.154. The van der Waals surface area contributed by atoms with E-state index >= 15 is 0 Å². The van der Waals surface area contributed by atoms with Crippen molar-refractivity contribution in [2.75, 3.05) is 32.5 Å². The summed E-state index contributed by atoms with van der Waals surface area (Å²) in [6, 6.07) is 5.59. The summed E-state index contributed by atoms with van der Waals surface area (Å²) in [5.41, 5.74) is 3.88. The molecule has 0 aliphatic rings. The number of hydrogen-bond acceptors (Lipinski definition) is 5. The van der Waals surface area contributed by atoms with Crippen LogP contribution in [-0.2, 0) is 0 Å². The fourth-order valence-corrected chi connectivity index (χ4v) is 2.98. The fourth-order valence-electron chi connectivity index (χ4n) is 2.61. The summed E-state index contributed by atoms with van der Waals surface area (Å²) >= 11 is 6.34. The smallest absolute Gasteiger partial charge is 0.270 e. The Kier molecular flexibility index (Phi) is 6.94. The molecule has 2 aromatic rings. The minimum absolute atomic E-state index is 0.205. The first-order valence-corrected chi connectivity index (χ1v) is 8.96. The molecule has 0 saturated heterocycles. The van der Waals surface area contributed by atoms with E-state index in [1.54, 1.807) is 6.07 Å². The minimum atomic E-state index is -0.205. The van der Waals surface area contributed by atoms with E-state index < -0.39 is 0 Å². The Balaban J connectivity index is 2.13. The molecular formula is C19H26ClN5O. The van der Waals surface area contributed by atoms with E-state index in [0.717, 1.165) is 29.8 Å². The molecule has 1 heterocycles. The van der Waals surface area contributed by atoms with Crippen LogP contribution in [0.1, 0.15) is 33.7 Å². The van der Waals surface area contributed by atoms with E-state index in [0.29, 0.717) is 28.9 Å². The summed E-state index contributed by atoms with van der Waals surface area (Å²) in [5, 5.41) is 6.64. The van der Waals surface area contributed by atoms with Crippen molar-refractivity contribution in [1.82, 2.24) is 20.2 Å². The maximum atomic E-state index is 12.4. The topological polar surface area (TPSA) is 70.2 Å². The SMILES string of the molecule is Cc1cc(C)c(Nc2nc(C)cc(C(=O)NCCCN(C)C)n2)c(Cl)c1. The molecule has 1 aromatic heterocycles. The number of anilines is 2. The highest BCUT2D eigenvalue weighted by Crippen LogP contribution is 2.29. The lowest BCUT2D eigenvalue weighted by molar-refractivity contribution is 0.0947. The average molecular weight is 376 g/mol. The second-order valence-electron chi connectivity index (χ2n) is 6.69. The quantitative estimate of drug-likeness (QED) is 0.725. The molecule has 0 aliphatic carbocycles. The third-order valence-electron chi connectivity index (χ3n) is 3.82. The zero-order valence-corrected chi connectivity index (χ0v) is 16.7. The molecule has 26 heavy (non-hydrogen) atoms. The van der Waals surface area contributed by atoms with Crippen molar-refractivity contribution in [3.8, 4) is 0 Å². The molecule has 0 aliphatic heterocycles. The standard InChI is InChI=1S/C19H26ClN5O/c1-12-9-13(2)17(15(20)10-12)24-19-22-14(3)11-16(23-19)18(26)21-7-6-8-25(4)5/h9-11H,6-8H2,1-5H3,(H,21,26)(H,22,23,24). The van der Waals surface area contributed by atoms with Crippen molar-refractivity contribution >= 4 is 29.1 Å². The van der Waals surface area contributed by atoms with Gasteiger partial charge in [-0.25, -0.2) is 9.97 Å². The van der Waals surface area contributed by atoms with Gasteiger partial charge in [0.25, 0.3) is 5.91 Å². The molecule has 0 spiro atoms. The van der Waals surface area contributed by atoms with E-state index in [1.165, 1.54) is 0 Å². The predicted molar refractivity (Wildman–Crippen MR) is 106 cm³/mol. The van der Waals surface area contributed by atoms with Gasteiger partial charge in [0.15, 0.2) is 0 Å². The van der Waals surface area contributed by atoms with Crippen LogP contribution in [-0.4, -0.2) is 48.0 Å². The Bertz CT molecular complexity index is 768. The van der Waals surface area contributed by atoms with Gasteiger partial charge in [-0.2, -0.15) is 0 Å². The second kappa shape index (κ2) is 8.96. The van der Waals surface area contributed by atoms with Crippen LogP contribution in [0.25, 0.3) is 0 Å². The van der Waals surface area contributed by atoms with Crippen LogP contribution in [0.15, 0.2) is 18.2 Å². The molecule has 2 N–H and O–H groups in total. The van der Waals surface area contributed by atoms with Gasteiger partial charge in [0, 0.05) is 12.2 Å². The van der Waals surface area contributed by atoms with E-state index in [9.17, 15) is 4.79 Å². The molecule has 140 valence electrons. The third kappa shape index (κ3) is 5.68. The van der Waals surface area contributed by atoms with Crippen molar-refractivity contribution in [3.63, 3.8) is 0 Å². The molecule has 1 aromatic carbocycles. The lowest BCUT2D eigenvalue weighted by Crippen LogP contribution is -2.28. The Hall–Kier alpha value is -2.18. The average Bonchev–Trinajstić information content (AvgIpc) is 2.54. The zero-order valence-electron chi connectivity index (χ0n) is 16.0. The first-order chi connectivity index (χ1) is 12.3. The second-order valence-corrected chi connectivity index (χ2v) is 7.10. The van der Waals surface area contributed by atoms with E-state index in [2.05, 4.69) is 25.5 Å². The number of aryl methyl sites for hydroxylation is 3. The Morgan fingerprint density at radius 1 is 1.15 bits per heavy atom. The molecule has 0 bridgehead atoms. The highest BCUT2D eigenvalue weighted by Gasteiger charge is 2.12. The van der Waals surface area contributed by atoms with Crippen LogP contribution in [0.4, 0.5) is 11.6 Å². The van der Waals surface area contributed by atoms with Gasteiger partial charge in [-0.15, -0.1) is 0 Å². The van der Waals surface area contributed by atoms with Gasteiger partial charge >= 0.3 is 0 Å². The number of carbonyl (C=O) groups is 1. The summed E-state index contributed by atoms with van der Waals surface area (Å²) < 4.78 is 0. The number of halogens is 1. The Labute approximate surface area is 160 Å². The molecule has 2 rings (SSSR count). The van der Waals surface area contributed by atoms with Crippen molar-refractivity contribution in [1.29, 1.82) is 0 Å². The van der Waals surface area contributed by atoms with E-state index in [4.69, 9.17) is 11.6 Å². The molecular weight excluding hydrogens is 350 g/mol. The van der Waals surface area contributed by atoms with Crippen molar-refractivity contribution in [2.24, 2.45) is 0 Å². The van der Waals surface area contributed by atoms with Gasteiger partial charge in [0.2, 0.25) is 5.95 Å². The molecule has 0 unspecified atom stereocenters. The molecule has 0 radical (unpaired) electrons. The Morgan fingerprint density at radius 3 is 2.54 bits per heavy atom. The summed E-state index contributed by atoms with van der Waals surface area (Å²) in [6.07, 6.45) is 0.881. The van der Waals surface area contributed by atoms with Crippen LogP contribution in [0.3, 0.4) is 0 Å². The summed E-state index contributed by atoms with van der Waals surface area (Å²) in [6.45, 7) is 7.31.